The van der Waals surface area contributed by atoms with Gasteiger partial charge in [0.2, 0.25) is 0 Å². The molecule has 9 N–H and O–H groups in total. The highest BCUT2D eigenvalue weighted by Crippen LogP contribution is 2.37. The van der Waals surface area contributed by atoms with Crippen molar-refractivity contribution in [2.75, 3.05) is 48.0 Å². The zero-order chi connectivity index (χ0) is 46.4. The molecule has 15 heteroatoms. The number of carbonyl (C=O) groups is 1. The van der Waals surface area contributed by atoms with Crippen molar-refractivity contribution in [3.05, 3.63) is 0 Å². The first kappa shape index (κ1) is 65.5. The van der Waals surface area contributed by atoms with Crippen LogP contribution in [0.25, 0.3) is 0 Å². The fourth-order valence-corrected chi connectivity index (χ4v) is 5.50. The van der Waals surface area contributed by atoms with Gasteiger partial charge in [0.1, 0.15) is 24.1 Å². The molecule has 0 amide bonds. The number of nitrogens with zero attached hydrogens (tertiary/aromatic N) is 1. The summed E-state index contributed by atoms with van der Waals surface area (Å²) in [5.41, 5.74) is 5.47. The van der Waals surface area contributed by atoms with E-state index < -0.39 is 50.4 Å². The molecular weight excluding hydrogens is 755 g/mol. The molecule has 0 aromatic carbocycles. The minimum Gasteiger partial charge on any atom is -0.756 e. The van der Waals surface area contributed by atoms with E-state index in [0.717, 1.165) is 36.3 Å². The molecular formula is C42H95N2O12P. The first-order chi connectivity index (χ1) is 25.8. The van der Waals surface area contributed by atoms with E-state index in [0.29, 0.717) is 18.3 Å². The summed E-state index contributed by atoms with van der Waals surface area (Å²) in [6.07, 6.45) is -0.796. The van der Waals surface area contributed by atoms with Crippen molar-refractivity contribution in [3.63, 3.8) is 0 Å². The second-order valence-electron chi connectivity index (χ2n) is 18.4. The number of hydrogen-bond donors (Lipinski definition) is 8. The largest absolute Gasteiger partial charge is 0.756 e. The summed E-state index contributed by atoms with van der Waals surface area (Å²) in [6.45, 7) is 29.8. The van der Waals surface area contributed by atoms with Crippen LogP contribution in [0.2, 0.25) is 0 Å². The molecule has 1 rings (SSSR count). The van der Waals surface area contributed by atoms with E-state index in [9.17, 15) is 39.8 Å². The third-order valence-electron chi connectivity index (χ3n) is 8.84. The third-order valence-corrected chi connectivity index (χ3v) is 9.75. The van der Waals surface area contributed by atoms with E-state index in [1.165, 1.54) is 32.7 Å². The van der Waals surface area contributed by atoms with Gasteiger partial charge < -0.3 is 59.9 Å². The van der Waals surface area contributed by atoms with Crippen molar-refractivity contribution in [3.8, 4) is 0 Å². The Hall–Kier alpha value is -0.580. The van der Waals surface area contributed by atoms with Crippen LogP contribution in [0.1, 0.15) is 135 Å². The number of phosphoric acid groups is 1. The quantitative estimate of drug-likeness (QED) is 0.0729. The lowest BCUT2D eigenvalue weighted by Gasteiger charge is -2.43. The minimum atomic E-state index is -3.99. The average molecular weight is 851 g/mol. The van der Waals surface area contributed by atoms with Crippen LogP contribution in [0.15, 0.2) is 0 Å². The van der Waals surface area contributed by atoms with Crippen LogP contribution < -0.4 is 10.6 Å². The predicted octanol–water partition coefficient (Wildman–Crippen LogP) is 4.76. The summed E-state index contributed by atoms with van der Waals surface area (Å²) >= 11 is 0. The van der Waals surface area contributed by atoms with Crippen LogP contribution in [0.4, 0.5) is 0 Å². The van der Waals surface area contributed by atoms with Gasteiger partial charge in [-0.15, -0.1) is 0 Å². The Morgan fingerprint density at radius 3 is 1.35 bits per heavy atom. The lowest BCUT2D eigenvalue weighted by Crippen LogP contribution is -2.62. The van der Waals surface area contributed by atoms with Crippen molar-refractivity contribution < 1.29 is 63.5 Å². The van der Waals surface area contributed by atoms with Gasteiger partial charge in [0.05, 0.1) is 65.3 Å². The number of carbonyl (C=O) groups excluding carboxylic acids is 1. The third kappa shape index (κ3) is 41.9. The number of nitrogens with two attached hydrogens (primary N) is 1. The van der Waals surface area contributed by atoms with E-state index in [1.807, 2.05) is 27.7 Å². The summed E-state index contributed by atoms with van der Waals surface area (Å²) in [5, 5.41) is 64.3. The van der Waals surface area contributed by atoms with Crippen molar-refractivity contribution in [2.45, 2.75) is 178 Å². The SMILES string of the molecule is CC(=O)[C@@H](N)CC(C)C.CC(C)C1C(O)C(O)C(O)C(O)C1O.CC(C)CC(O)CO.CC(C)CC[N+](C)(C)C.CCC(C)COP(=O)([O-])OC.CCCC(C)C. The van der Waals surface area contributed by atoms with E-state index >= 15 is 0 Å². The number of aliphatic hydroxyl groups excluding tert-OH is 7. The molecule has 1 aliphatic carbocycles. The smallest absolute Gasteiger partial charge is 0.267 e. The molecule has 0 aliphatic heterocycles. The number of ketones is 1. The fraction of sp³-hybridized carbons (Fsp3) is 0.976. The molecule has 0 aromatic heterocycles. The van der Waals surface area contributed by atoms with Crippen LogP contribution in [-0.2, 0) is 18.4 Å². The van der Waals surface area contributed by atoms with E-state index in [-0.39, 0.29) is 36.9 Å². The predicted molar refractivity (Wildman–Crippen MR) is 231 cm³/mol. The molecule has 0 bridgehead atoms. The highest BCUT2D eigenvalue weighted by Gasteiger charge is 2.48. The minimum absolute atomic E-state index is 0.0863. The summed E-state index contributed by atoms with van der Waals surface area (Å²) in [7, 11) is 3.81. The average Bonchev–Trinajstić information content (AvgIpc) is 3.08. The number of quaternary nitrogens is 1. The number of aliphatic hydroxyl groups is 7. The molecule has 1 aliphatic rings. The van der Waals surface area contributed by atoms with E-state index in [2.05, 4.69) is 78.7 Å². The monoisotopic (exact) mass is 851 g/mol. The summed E-state index contributed by atoms with van der Waals surface area (Å²) < 4.78 is 20.3. The van der Waals surface area contributed by atoms with E-state index in [1.54, 1.807) is 13.8 Å². The molecule has 7 unspecified atom stereocenters. The standard InChI is InChI=1S/C9H18O5.C8H20N.C7H15NO.C6H15O4P.C6H14O2.C6H14/c1-3(2)4-5(10)7(12)9(14)8(13)6(4)11;1-8(2)6-7-9(3,4)5;1-5(2)4-7(8)6(3)9;1-4-6(2)5-10-11(7,8)9-3;1-5(2)3-6(8)4-7;1-4-5-6(2)3/h3-14H,1-2H3;8H,6-7H2,1-5H3;5,7H,4,8H2,1-3H3;6H,4-5H2,1-3H3,(H,7,8);5-8H,3-4H2,1-2H3;6H,4-5H2,1-3H3/q;+1;;;;/p-1/t;;7-;;;/m..0.../s1. The molecule has 0 radical (unpaired) electrons. The molecule has 0 saturated heterocycles. The highest BCUT2D eigenvalue weighted by atomic mass is 31.2. The second kappa shape index (κ2) is 36.1. The molecule has 0 spiro atoms. The Kier molecular flexibility index (Phi) is 41.5. The normalized spacial score (nSPS) is 23.2. The number of hydrogen-bond acceptors (Lipinski definition) is 13. The van der Waals surface area contributed by atoms with Gasteiger partial charge in [-0.25, -0.2) is 0 Å². The van der Waals surface area contributed by atoms with Crippen LogP contribution >= 0.6 is 7.82 Å². The van der Waals surface area contributed by atoms with Gasteiger partial charge in [-0.3, -0.25) is 9.36 Å². The maximum atomic E-state index is 10.6. The molecule has 57 heavy (non-hydrogen) atoms. The van der Waals surface area contributed by atoms with Gasteiger partial charge in [0.15, 0.2) is 0 Å². The Bertz CT molecular complexity index is 950. The number of Topliss-reactive ketones (excluding diaryl/α,β-unsaturated/α-hetero) is 1. The van der Waals surface area contributed by atoms with Crippen molar-refractivity contribution in [2.24, 2.45) is 47.2 Å². The zero-order valence-corrected chi connectivity index (χ0v) is 40.5. The van der Waals surface area contributed by atoms with Crippen LogP contribution in [-0.4, -0.2) is 137 Å². The van der Waals surface area contributed by atoms with E-state index in [4.69, 9.17) is 15.9 Å². The molecule has 14 nitrogen and oxygen atoms in total. The van der Waals surface area contributed by atoms with Gasteiger partial charge in [-0.1, -0.05) is 109 Å². The topological polar surface area (TPSA) is 243 Å². The second-order valence-corrected chi connectivity index (χ2v) is 19.9. The van der Waals surface area contributed by atoms with Crippen LogP contribution in [0.5, 0.6) is 0 Å². The van der Waals surface area contributed by atoms with Gasteiger partial charge in [-0.2, -0.15) is 0 Å². The van der Waals surface area contributed by atoms with Crippen LogP contribution in [0, 0.1) is 41.4 Å². The number of phosphoric ester groups is 1. The maximum absolute atomic E-state index is 10.6. The van der Waals surface area contributed by atoms with Crippen molar-refractivity contribution in [1.82, 2.24) is 0 Å². The van der Waals surface area contributed by atoms with Crippen molar-refractivity contribution in [1.29, 1.82) is 0 Å². The van der Waals surface area contributed by atoms with Crippen molar-refractivity contribution >= 4 is 13.6 Å². The van der Waals surface area contributed by atoms with Gasteiger partial charge in [-0.05, 0) is 61.7 Å². The summed E-state index contributed by atoms with van der Waals surface area (Å²) in [5.74, 6) is 2.36. The lowest BCUT2D eigenvalue weighted by atomic mass is 9.73. The Labute approximate surface area is 349 Å². The Morgan fingerprint density at radius 1 is 0.754 bits per heavy atom. The molecule has 0 heterocycles. The fourth-order valence-electron chi connectivity index (χ4n) is 4.96. The van der Waals surface area contributed by atoms with Gasteiger partial charge >= 0.3 is 0 Å². The first-order valence-electron chi connectivity index (χ1n) is 21.0. The molecule has 1 fully saturated rings. The van der Waals surface area contributed by atoms with Gasteiger partial charge in [0.25, 0.3) is 7.82 Å². The maximum Gasteiger partial charge on any atom is 0.267 e. The molecule has 8 atom stereocenters. The molecule has 350 valence electrons. The highest BCUT2D eigenvalue weighted by molar-refractivity contribution is 7.45. The molecule has 1 saturated carbocycles. The Balaban J connectivity index is -0.000000194. The Morgan fingerprint density at radius 2 is 1.16 bits per heavy atom. The zero-order valence-electron chi connectivity index (χ0n) is 39.6. The number of rotatable bonds is 17. The van der Waals surface area contributed by atoms with Crippen LogP contribution in [0.3, 0.4) is 0 Å². The first-order valence-corrected chi connectivity index (χ1v) is 22.5. The summed E-state index contributed by atoms with van der Waals surface area (Å²) in [6, 6.07) is -0.245. The summed E-state index contributed by atoms with van der Waals surface area (Å²) in [4.78, 5) is 21.2. The van der Waals surface area contributed by atoms with Gasteiger partial charge in [0, 0.05) is 13.0 Å². The molecule has 0 aromatic rings. The lowest BCUT2D eigenvalue weighted by molar-refractivity contribution is -0.870.